The van der Waals surface area contributed by atoms with Gasteiger partial charge in [-0.25, -0.2) is 4.79 Å². The Balaban J connectivity index is 2.10. The maximum absolute atomic E-state index is 12.7. The van der Waals surface area contributed by atoms with Gasteiger partial charge in [0.15, 0.2) is 0 Å². The average molecular weight is 368 g/mol. The first-order valence-electron chi connectivity index (χ1n) is 8.69. The van der Waals surface area contributed by atoms with Crippen molar-refractivity contribution >= 4 is 23.5 Å². The van der Waals surface area contributed by atoms with Crippen LogP contribution in [0.2, 0.25) is 0 Å². The summed E-state index contributed by atoms with van der Waals surface area (Å²) in [5.41, 5.74) is 2.31. The van der Waals surface area contributed by atoms with E-state index in [4.69, 9.17) is 0 Å². The zero-order chi connectivity index (χ0) is 20.0. The van der Waals surface area contributed by atoms with Crippen LogP contribution < -0.4 is 10.6 Å². The van der Waals surface area contributed by atoms with Crippen molar-refractivity contribution in [3.05, 3.63) is 65.2 Å². The molecule has 2 N–H and O–H groups in total. The van der Waals surface area contributed by atoms with Crippen molar-refractivity contribution in [2.75, 3.05) is 12.4 Å². The van der Waals surface area contributed by atoms with Gasteiger partial charge in [-0.3, -0.25) is 9.59 Å². The third-order valence-electron chi connectivity index (χ3n) is 4.20. The van der Waals surface area contributed by atoms with Crippen molar-refractivity contribution in [2.24, 2.45) is 5.92 Å². The minimum absolute atomic E-state index is 0.104. The number of anilines is 1. The Morgan fingerprint density at radius 1 is 0.963 bits per heavy atom. The molecule has 0 bridgehead atoms. The summed E-state index contributed by atoms with van der Waals surface area (Å²) in [4.78, 5) is 36.7. The standard InChI is InChI=1S/C21H24N2O4/c1-13(2)18(23-19(24)17-8-6-5-7-14(17)3)20(25)22-16-11-9-15(10-12-16)21(26)27-4/h5-13,18H,1-4H3,(H,22,25)(H,23,24). The summed E-state index contributed by atoms with van der Waals surface area (Å²) in [7, 11) is 1.31. The second kappa shape index (κ2) is 8.98. The molecule has 2 aromatic carbocycles. The molecule has 2 aromatic rings. The largest absolute Gasteiger partial charge is 0.465 e. The summed E-state index contributed by atoms with van der Waals surface area (Å²) in [5, 5.41) is 5.58. The van der Waals surface area contributed by atoms with Crippen molar-refractivity contribution in [1.29, 1.82) is 0 Å². The second-order valence-electron chi connectivity index (χ2n) is 6.57. The van der Waals surface area contributed by atoms with E-state index in [0.717, 1.165) is 5.56 Å². The molecule has 0 fully saturated rings. The lowest BCUT2D eigenvalue weighted by Gasteiger charge is -2.22. The molecule has 1 atom stereocenters. The number of esters is 1. The molecule has 2 amide bonds. The Hall–Kier alpha value is -3.15. The Morgan fingerprint density at radius 2 is 1.59 bits per heavy atom. The number of nitrogens with one attached hydrogen (secondary N) is 2. The minimum Gasteiger partial charge on any atom is -0.465 e. The number of hydrogen-bond acceptors (Lipinski definition) is 4. The fraction of sp³-hybridized carbons (Fsp3) is 0.286. The molecule has 6 nitrogen and oxygen atoms in total. The van der Waals surface area contributed by atoms with Crippen molar-refractivity contribution in [2.45, 2.75) is 26.8 Å². The van der Waals surface area contributed by atoms with Gasteiger partial charge in [0.1, 0.15) is 6.04 Å². The third kappa shape index (κ3) is 5.17. The van der Waals surface area contributed by atoms with Gasteiger partial charge in [0.2, 0.25) is 5.91 Å². The van der Waals surface area contributed by atoms with Gasteiger partial charge in [0, 0.05) is 11.3 Å². The molecule has 6 heteroatoms. The molecule has 0 aliphatic rings. The molecule has 27 heavy (non-hydrogen) atoms. The summed E-state index contributed by atoms with van der Waals surface area (Å²) in [6, 6.07) is 12.9. The predicted molar refractivity (Wildman–Crippen MR) is 104 cm³/mol. The van der Waals surface area contributed by atoms with E-state index in [1.54, 1.807) is 36.4 Å². The maximum Gasteiger partial charge on any atom is 0.337 e. The van der Waals surface area contributed by atoms with Gasteiger partial charge in [0.05, 0.1) is 12.7 Å². The maximum atomic E-state index is 12.7. The highest BCUT2D eigenvalue weighted by Crippen LogP contribution is 2.14. The smallest absolute Gasteiger partial charge is 0.337 e. The third-order valence-corrected chi connectivity index (χ3v) is 4.20. The van der Waals surface area contributed by atoms with Crippen LogP contribution in [0.4, 0.5) is 5.69 Å². The van der Waals surface area contributed by atoms with Crippen molar-refractivity contribution in [1.82, 2.24) is 5.32 Å². The van der Waals surface area contributed by atoms with Crippen LogP contribution in [0.5, 0.6) is 0 Å². The molecule has 0 aromatic heterocycles. The van der Waals surface area contributed by atoms with Gasteiger partial charge in [-0.1, -0.05) is 32.0 Å². The number of methoxy groups -OCH3 is 1. The van der Waals surface area contributed by atoms with E-state index in [2.05, 4.69) is 15.4 Å². The van der Waals surface area contributed by atoms with Crippen molar-refractivity contribution in [3.8, 4) is 0 Å². The summed E-state index contributed by atoms with van der Waals surface area (Å²) < 4.78 is 4.65. The van der Waals surface area contributed by atoms with Gasteiger partial charge < -0.3 is 15.4 Å². The number of aryl methyl sites for hydroxylation is 1. The monoisotopic (exact) mass is 368 g/mol. The lowest BCUT2D eigenvalue weighted by Crippen LogP contribution is -2.47. The Labute approximate surface area is 158 Å². The Bertz CT molecular complexity index is 828. The number of ether oxygens (including phenoxy) is 1. The topological polar surface area (TPSA) is 84.5 Å². The first-order chi connectivity index (χ1) is 12.8. The zero-order valence-electron chi connectivity index (χ0n) is 15.9. The SMILES string of the molecule is COC(=O)c1ccc(NC(=O)C(NC(=O)c2ccccc2C)C(C)C)cc1. The number of carbonyl (C=O) groups excluding carboxylic acids is 3. The fourth-order valence-electron chi connectivity index (χ4n) is 2.61. The predicted octanol–water partition coefficient (Wildman–Crippen LogP) is 3.17. The van der Waals surface area contributed by atoms with E-state index >= 15 is 0 Å². The fourth-order valence-corrected chi connectivity index (χ4v) is 2.61. The number of benzene rings is 2. The van der Waals surface area contributed by atoms with E-state index in [9.17, 15) is 14.4 Å². The van der Waals surface area contributed by atoms with Crippen LogP contribution in [0.3, 0.4) is 0 Å². The first-order valence-corrected chi connectivity index (χ1v) is 8.69. The second-order valence-corrected chi connectivity index (χ2v) is 6.57. The number of hydrogen-bond donors (Lipinski definition) is 2. The average Bonchev–Trinajstić information content (AvgIpc) is 2.65. The molecule has 0 aliphatic carbocycles. The first kappa shape index (κ1) is 20.2. The Morgan fingerprint density at radius 3 is 2.15 bits per heavy atom. The molecular weight excluding hydrogens is 344 g/mol. The van der Waals surface area contributed by atoms with Gasteiger partial charge >= 0.3 is 5.97 Å². The highest BCUT2D eigenvalue weighted by molar-refractivity contribution is 6.02. The van der Waals surface area contributed by atoms with E-state index in [0.29, 0.717) is 16.8 Å². The quantitative estimate of drug-likeness (QED) is 0.767. The van der Waals surface area contributed by atoms with Crippen LogP contribution in [0.25, 0.3) is 0 Å². The molecule has 2 rings (SSSR count). The highest BCUT2D eigenvalue weighted by Gasteiger charge is 2.25. The highest BCUT2D eigenvalue weighted by atomic mass is 16.5. The van der Waals surface area contributed by atoms with Gasteiger partial charge in [-0.05, 0) is 48.7 Å². The van der Waals surface area contributed by atoms with Crippen LogP contribution in [0, 0.1) is 12.8 Å². The van der Waals surface area contributed by atoms with E-state index < -0.39 is 12.0 Å². The van der Waals surface area contributed by atoms with Crippen LogP contribution >= 0.6 is 0 Å². The van der Waals surface area contributed by atoms with E-state index in [1.807, 2.05) is 32.9 Å². The van der Waals surface area contributed by atoms with Gasteiger partial charge in [0.25, 0.3) is 5.91 Å². The lowest BCUT2D eigenvalue weighted by molar-refractivity contribution is -0.118. The summed E-state index contributed by atoms with van der Waals surface area (Å²) in [6.45, 7) is 5.58. The van der Waals surface area contributed by atoms with Gasteiger partial charge in [-0.2, -0.15) is 0 Å². The van der Waals surface area contributed by atoms with E-state index in [1.165, 1.54) is 7.11 Å². The summed E-state index contributed by atoms with van der Waals surface area (Å²) >= 11 is 0. The normalized spacial score (nSPS) is 11.6. The molecular formula is C21H24N2O4. The van der Waals surface area contributed by atoms with Crippen LogP contribution in [0.15, 0.2) is 48.5 Å². The van der Waals surface area contributed by atoms with Crippen LogP contribution in [0.1, 0.15) is 40.1 Å². The summed E-state index contributed by atoms with van der Waals surface area (Å²) in [5.74, 6) is -1.16. The van der Waals surface area contributed by atoms with Crippen LogP contribution in [-0.4, -0.2) is 30.9 Å². The molecule has 1 unspecified atom stereocenters. The number of carbonyl (C=O) groups is 3. The number of rotatable bonds is 6. The molecule has 142 valence electrons. The molecule has 0 saturated heterocycles. The van der Waals surface area contributed by atoms with Crippen LogP contribution in [-0.2, 0) is 9.53 Å². The zero-order valence-corrected chi connectivity index (χ0v) is 15.9. The lowest BCUT2D eigenvalue weighted by atomic mass is 10.0. The molecule has 0 aliphatic heterocycles. The Kier molecular flexibility index (Phi) is 6.71. The molecule has 0 radical (unpaired) electrons. The van der Waals surface area contributed by atoms with Gasteiger partial charge in [-0.15, -0.1) is 0 Å². The minimum atomic E-state index is -0.697. The van der Waals surface area contributed by atoms with E-state index in [-0.39, 0.29) is 17.7 Å². The molecule has 0 heterocycles. The van der Waals surface area contributed by atoms with Crippen molar-refractivity contribution < 1.29 is 19.1 Å². The molecule has 0 saturated carbocycles. The number of amides is 2. The molecule has 0 spiro atoms. The summed E-state index contributed by atoms with van der Waals surface area (Å²) in [6.07, 6.45) is 0. The van der Waals surface area contributed by atoms with Crippen molar-refractivity contribution in [3.63, 3.8) is 0 Å².